The number of hydrogen-bond donors (Lipinski definition) is 1. The number of anilines is 1. The minimum atomic E-state index is -0.266. The number of ether oxygens (including phenoxy) is 1. The van der Waals surface area contributed by atoms with Crippen LogP contribution in [0, 0.1) is 0 Å². The van der Waals surface area contributed by atoms with E-state index in [2.05, 4.69) is 10.3 Å². The number of aromatic nitrogens is 2. The fourth-order valence-electron chi connectivity index (χ4n) is 3.14. The Morgan fingerprint density at radius 2 is 1.97 bits per heavy atom. The number of nitrogens with one attached hydrogen (secondary N) is 1. The molecule has 0 radical (unpaired) electrons. The number of hydrogen-bond acceptors (Lipinski definition) is 6. The highest BCUT2D eigenvalue weighted by atomic mass is 32.2. The van der Waals surface area contributed by atoms with Gasteiger partial charge in [-0.2, -0.15) is 0 Å². The Morgan fingerprint density at radius 1 is 1.16 bits per heavy atom. The summed E-state index contributed by atoms with van der Waals surface area (Å²) in [5, 5.41) is 4.55. The summed E-state index contributed by atoms with van der Waals surface area (Å²) in [7, 11) is 3.20. The average molecular weight is 437 g/mol. The molecule has 1 saturated carbocycles. The lowest BCUT2D eigenvalue weighted by Gasteiger charge is -2.17. The van der Waals surface area contributed by atoms with Gasteiger partial charge in [0.15, 0.2) is 0 Å². The maximum Gasteiger partial charge on any atom is 0.243 e. The Morgan fingerprint density at radius 3 is 2.74 bits per heavy atom. The van der Waals surface area contributed by atoms with Gasteiger partial charge < -0.3 is 15.0 Å². The van der Waals surface area contributed by atoms with Crippen molar-refractivity contribution in [3.05, 3.63) is 54.4 Å². The highest BCUT2D eigenvalue weighted by Crippen LogP contribution is 2.39. The van der Waals surface area contributed by atoms with Crippen LogP contribution < -0.4 is 10.1 Å². The standard InChI is InChI=1S/C23H24N4O3S/c1-27(13-20(28)24-16-6-5-7-17(12-16)30-2)21(29)14-31-23-18-8-3-4-9-19(18)25-22(26-23)15-10-11-15/h3-9,12,15H,10-11,13-14H2,1-2H3,(H,24,28). The number of amides is 2. The van der Waals surface area contributed by atoms with Crippen LogP contribution in [-0.2, 0) is 9.59 Å². The molecule has 1 aliphatic rings. The number of carbonyl (C=O) groups is 2. The molecular weight excluding hydrogens is 412 g/mol. The van der Waals surface area contributed by atoms with Gasteiger partial charge in [-0.1, -0.05) is 36.0 Å². The molecule has 0 saturated heterocycles. The first-order valence-electron chi connectivity index (χ1n) is 10.1. The molecule has 1 fully saturated rings. The molecule has 1 heterocycles. The highest BCUT2D eigenvalue weighted by Gasteiger charge is 2.27. The van der Waals surface area contributed by atoms with Crippen molar-refractivity contribution >= 4 is 40.2 Å². The van der Waals surface area contributed by atoms with Gasteiger partial charge in [-0.3, -0.25) is 9.59 Å². The van der Waals surface area contributed by atoms with Crippen LogP contribution in [0.2, 0.25) is 0 Å². The summed E-state index contributed by atoms with van der Waals surface area (Å²) in [6.45, 7) is -0.0333. The van der Waals surface area contributed by atoms with Crippen molar-refractivity contribution in [2.45, 2.75) is 23.8 Å². The Kier molecular flexibility index (Phi) is 6.36. The monoisotopic (exact) mass is 436 g/mol. The van der Waals surface area contributed by atoms with E-state index in [9.17, 15) is 9.59 Å². The summed E-state index contributed by atoms with van der Waals surface area (Å²) in [6.07, 6.45) is 2.24. The predicted molar refractivity (Wildman–Crippen MR) is 121 cm³/mol. The van der Waals surface area contributed by atoms with Crippen LogP contribution in [0.15, 0.2) is 53.6 Å². The van der Waals surface area contributed by atoms with Crippen molar-refractivity contribution in [1.82, 2.24) is 14.9 Å². The van der Waals surface area contributed by atoms with Gasteiger partial charge in [-0.25, -0.2) is 9.97 Å². The highest BCUT2D eigenvalue weighted by molar-refractivity contribution is 8.00. The number of methoxy groups -OCH3 is 1. The summed E-state index contributed by atoms with van der Waals surface area (Å²) >= 11 is 1.39. The minimum Gasteiger partial charge on any atom is -0.497 e. The number of benzene rings is 2. The van der Waals surface area contributed by atoms with Crippen LogP contribution in [-0.4, -0.2) is 53.1 Å². The molecule has 0 atom stereocenters. The molecule has 1 N–H and O–H groups in total. The number of thioether (sulfide) groups is 1. The summed E-state index contributed by atoms with van der Waals surface area (Å²) in [5.74, 6) is 1.75. The minimum absolute atomic E-state index is 0.0333. The second-order valence-electron chi connectivity index (χ2n) is 7.50. The SMILES string of the molecule is COc1cccc(NC(=O)CN(C)C(=O)CSc2nc(C3CC3)nc3ccccc23)c1. The van der Waals surface area contributed by atoms with E-state index in [-0.39, 0.29) is 24.1 Å². The first-order chi connectivity index (χ1) is 15.0. The van der Waals surface area contributed by atoms with Crippen LogP contribution in [0.5, 0.6) is 5.75 Å². The molecular formula is C23H24N4O3S. The van der Waals surface area contributed by atoms with Crippen LogP contribution in [0.4, 0.5) is 5.69 Å². The van der Waals surface area contributed by atoms with Crippen molar-refractivity contribution < 1.29 is 14.3 Å². The van der Waals surface area contributed by atoms with E-state index in [0.717, 1.165) is 34.6 Å². The van der Waals surface area contributed by atoms with Gasteiger partial charge in [0.25, 0.3) is 0 Å². The first kappa shape index (κ1) is 21.1. The van der Waals surface area contributed by atoms with Crippen molar-refractivity contribution in [2.75, 3.05) is 31.8 Å². The van der Waals surface area contributed by atoms with Crippen LogP contribution in [0.3, 0.4) is 0 Å². The van der Waals surface area contributed by atoms with E-state index in [1.54, 1.807) is 38.4 Å². The largest absolute Gasteiger partial charge is 0.497 e. The molecule has 160 valence electrons. The Labute approximate surface area is 185 Å². The van der Waals surface area contributed by atoms with Gasteiger partial charge >= 0.3 is 0 Å². The maximum atomic E-state index is 12.6. The zero-order chi connectivity index (χ0) is 21.8. The molecule has 2 aromatic carbocycles. The normalized spacial score (nSPS) is 13.1. The first-order valence-corrected chi connectivity index (χ1v) is 11.1. The van der Waals surface area contributed by atoms with E-state index in [4.69, 9.17) is 9.72 Å². The van der Waals surface area contributed by atoms with Gasteiger partial charge in [0, 0.05) is 30.1 Å². The topological polar surface area (TPSA) is 84.4 Å². The van der Waals surface area contributed by atoms with Crippen molar-refractivity contribution in [3.63, 3.8) is 0 Å². The summed E-state index contributed by atoms with van der Waals surface area (Å²) in [5.41, 5.74) is 1.53. The lowest BCUT2D eigenvalue weighted by molar-refractivity contribution is -0.131. The second kappa shape index (κ2) is 9.34. The third kappa shape index (κ3) is 5.32. The molecule has 3 aromatic rings. The number of nitrogens with zero attached hydrogens (tertiary/aromatic N) is 3. The second-order valence-corrected chi connectivity index (χ2v) is 8.46. The molecule has 1 aromatic heterocycles. The number of fused-ring (bicyclic) bond motifs is 1. The summed E-state index contributed by atoms with van der Waals surface area (Å²) in [6, 6.07) is 15.0. The molecule has 7 nitrogen and oxygen atoms in total. The zero-order valence-corrected chi connectivity index (χ0v) is 18.3. The van der Waals surface area contributed by atoms with Gasteiger partial charge in [-0.15, -0.1) is 0 Å². The van der Waals surface area contributed by atoms with Crippen molar-refractivity contribution in [3.8, 4) is 5.75 Å². The molecule has 8 heteroatoms. The molecule has 0 spiro atoms. The van der Waals surface area contributed by atoms with Gasteiger partial charge in [-0.05, 0) is 31.0 Å². The molecule has 2 amide bonds. The lowest BCUT2D eigenvalue weighted by Crippen LogP contribution is -2.35. The van der Waals surface area contributed by atoms with Crippen LogP contribution in [0.25, 0.3) is 10.9 Å². The Balaban J connectivity index is 1.36. The number of rotatable bonds is 8. The van der Waals surface area contributed by atoms with Gasteiger partial charge in [0.1, 0.15) is 16.6 Å². The third-order valence-corrected chi connectivity index (χ3v) is 6.00. The average Bonchev–Trinajstić information content (AvgIpc) is 3.62. The fraction of sp³-hybridized carbons (Fsp3) is 0.304. The van der Waals surface area contributed by atoms with E-state index >= 15 is 0 Å². The van der Waals surface area contributed by atoms with Crippen molar-refractivity contribution in [1.29, 1.82) is 0 Å². The quantitative estimate of drug-likeness (QED) is 0.428. The van der Waals surface area contributed by atoms with Crippen LogP contribution in [0.1, 0.15) is 24.6 Å². The lowest BCUT2D eigenvalue weighted by atomic mass is 10.2. The molecule has 0 aliphatic heterocycles. The van der Waals surface area contributed by atoms with E-state index in [1.807, 2.05) is 24.3 Å². The van der Waals surface area contributed by atoms with E-state index in [1.165, 1.54) is 16.7 Å². The third-order valence-electron chi connectivity index (χ3n) is 5.02. The maximum absolute atomic E-state index is 12.6. The predicted octanol–water partition coefficient (Wildman–Crippen LogP) is 3.71. The molecule has 0 unspecified atom stereocenters. The van der Waals surface area contributed by atoms with Gasteiger partial charge in [0.2, 0.25) is 11.8 Å². The number of para-hydroxylation sites is 1. The summed E-state index contributed by atoms with van der Waals surface area (Å²) < 4.78 is 5.16. The molecule has 31 heavy (non-hydrogen) atoms. The van der Waals surface area contributed by atoms with E-state index < -0.39 is 0 Å². The Hall–Kier alpha value is -3.13. The van der Waals surface area contributed by atoms with Crippen LogP contribution >= 0.6 is 11.8 Å². The molecule has 4 rings (SSSR count). The molecule has 1 aliphatic carbocycles. The number of carbonyl (C=O) groups excluding carboxylic acids is 2. The fourth-order valence-corrected chi connectivity index (χ4v) is 4.11. The summed E-state index contributed by atoms with van der Waals surface area (Å²) in [4.78, 5) is 35.8. The zero-order valence-electron chi connectivity index (χ0n) is 17.5. The van der Waals surface area contributed by atoms with Gasteiger partial charge in [0.05, 0.1) is 24.9 Å². The molecule has 0 bridgehead atoms. The van der Waals surface area contributed by atoms with E-state index in [0.29, 0.717) is 17.4 Å². The Bertz CT molecular complexity index is 1120. The number of likely N-dealkylation sites (N-methyl/N-ethyl adjacent to an activating group) is 1. The smallest absolute Gasteiger partial charge is 0.243 e. The van der Waals surface area contributed by atoms with Crippen molar-refractivity contribution in [2.24, 2.45) is 0 Å².